The van der Waals surface area contributed by atoms with E-state index in [-0.39, 0.29) is 11.0 Å². The summed E-state index contributed by atoms with van der Waals surface area (Å²) in [6.07, 6.45) is 1.07. The molecule has 0 unspecified atom stereocenters. The van der Waals surface area contributed by atoms with Crippen LogP contribution in [0.1, 0.15) is 32.2 Å². The minimum absolute atomic E-state index is 0.0824. The largest absolute Gasteiger partial charge is 0.444 e. The van der Waals surface area contributed by atoms with Crippen molar-refractivity contribution >= 4 is 27.6 Å². The molecule has 2 aromatic heterocycles. The molecule has 2 N–H and O–H groups in total. The van der Waals surface area contributed by atoms with E-state index in [1.54, 1.807) is 36.5 Å². The smallest absolute Gasteiger partial charge is 0.410 e. The number of anilines is 2. The monoisotopic (exact) mass is 493 g/mol. The molecule has 3 rings (SSSR count). The van der Waals surface area contributed by atoms with E-state index in [1.165, 1.54) is 12.3 Å². The van der Waals surface area contributed by atoms with E-state index in [0.717, 1.165) is 25.3 Å². The van der Waals surface area contributed by atoms with Crippen molar-refractivity contribution in [2.75, 3.05) is 49.3 Å². The van der Waals surface area contributed by atoms with Gasteiger partial charge < -0.3 is 15.0 Å². The van der Waals surface area contributed by atoms with Crippen LogP contribution in [0.25, 0.3) is 0 Å². The van der Waals surface area contributed by atoms with E-state index in [0.29, 0.717) is 36.8 Å². The maximum Gasteiger partial charge on any atom is 0.410 e. The number of aromatic nitrogens is 3. The summed E-state index contributed by atoms with van der Waals surface area (Å²) in [5, 5.41) is 7.46. The minimum Gasteiger partial charge on any atom is -0.444 e. The Morgan fingerprint density at radius 3 is 2.35 bits per heavy atom. The molecule has 34 heavy (non-hydrogen) atoms. The lowest BCUT2D eigenvalue weighted by molar-refractivity contribution is 0.0148. The van der Waals surface area contributed by atoms with Crippen LogP contribution in [0.3, 0.4) is 0 Å². The Bertz CT molecular complexity index is 1100. The number of piperazine rings is 1. The summed E-state index contributed by atoms with van der Waals surface area (Å²) < 4.78 is 35.2. The molecule has 1 amide bonds. The van der Waals surface area contributed by atoms with Gasteiger partial charge in [-0.1, -0.05) is 0 Å². The zero-order valence-electron chi connectivity index (χ0n) is 20.8. The molecule has 1 aliphatic heterocycles. The third kappa shape index (κ3) is 6.60. The van der Waals surface area contributed by atoms with Gasteiger partial charge in [-0.05, 0) is 46.8 Å². The second-order valence-electron chi connectivity index (χ2n) is 9.39. The predicted molar refractivity (Wildman–Crippen MR) is 130 cm³/mol. The summed E-state index contributed by atoms with van der Waals surface area (Å²) >= 11 is 0. The van der Waals surface area contributed by atoms with Crippen molar-refractivity contribution in [2.45, 2.75) is 45.1 Å². The molecule has 2 aromatic rings. The highest BCUT2D eigenvalue weighted by atomic mass is 32.2. The maximum absolute atomic E-state index is 12.7. The topological polar surface area (TPSA) is 122 Å². The summed E-state index contributed by atoms with van der Waals surface area (Å²) in [4.78, 5) is 20.5. The number of amides is 1. The van der Waals surface area contributed by atoms with E-state index >= 15 is 0 Å². The minimum atomic E-state index is -3.77. The Morgan fingerprint density at radius 2 is 1.82 bits per heavy atom. The molecule has 1 saturated heterocycles. The van der Waals surface area contributed by atoms with Crippen LogP contribution in [0.15, 0.2) is 23.2 Å². The third-order valence-electron chi connectivity index (χ3n) is 5.55. The second kappa shape index (κ2) is 10.2. The third-order valence-corrected chi connectivity index (χ3v) is 6.89. The summed E-state index contributed by atoms with van der Waals surface area (Å²) in [7, 11) is -2.00. The molecule has 0 aliphatic carbocycles. The van der Waals surface area contributed by atoms with Gasteiger partial charge in [-0.15, -0.1) is 0 Å². The molecule has 0 radical (unpaired) electrons. The number of carbonyl (C=O) groups excluding carboxylic acids is 1. The van der Waals surface area contributed by atoms with Crippen LogP contribution in [0, 0.1) is 13.8 Å². The van der Waals surface area contributed by atoms with Crippen molar-refractivity contribution in [3.63, 3.8) is 0 Å². The normalized spacial score (nSPS) is 15.3. The fourth-order valence-electron chi connectivity index (χ4n) is 3.58. The summed E-state index contributed by atoms with van der Waals surface area (Å²) in [6, 6.07) is 3.18. The number of aryl methyl sites for hydroxylation is 2. The number of hydrogen-bond acceptors (Lipinski definition) is 8. The van der Waals surface area contributed by atoms with Crippen molar-refractivity contribution in [3.8, 4) is 0 Å². The lowest BCUT2D eigenvalue weighted by Gasteiger charge is -2.35. The predicted octanol–water partition coefficient (Wildman–Crippen LogP) is 2.20. The number of nitrogens with zero attached hydrogens (tertiary/aromatic N) is 5. The van der Waals surface area contributed by atoms with Crippen molar-refractivity contribution in [3.05, 3.63) is 29.7 Å². The van der Waals surface area contributed by atoms with Crippen molar-refractivity contribution in [1.82, 2.24) is 24.6 Å². The lowest BCUT2D eigenvalue weighted by Crippen LogP contribution is -2.50. The van der Waals surface area contributed by atoms with E-state index in [4.69, 9.17) is 4.74 Å². The Balaban J connectivity index is 1.46. The fourth-order valence-corrected chi connectivity index (χ4v) is 4.70. The number of ether oxygens (including phenoxy) is 1. The van der Waals surface area contributed by atoms with Crippen LogP contribution in [0.5, 0.6) is 0 Å². The van der Waals surface area contributed by atoms with E-state index in [2.05, 4.69) is 25.0 Å². The molecule has 12 heteroatoms. The van der Waals surface area contributed by atoms with Gasteiger partial charge in [0.1, 0.15) is 16.3 Å². The SMILES string of the molecule is Cc1nn(C)c(C)c1NS(=O)(=O)c1ccc(NCCN2CCN(C(=O)OC(C)(C)C)CC2)nc1. The van der Waals surface area contributed by atoms with Crippen LogP contribution < -0.4 is 10.0 Å². The zero-order chi connectivity index (χ0) is 25.1. The van der Waals surface area contributed by atoms with Gasteiger partial charge in [-0.3, -0.25) is 14.3 Å². The fraction of sp³-hybridized carbons (Fsp3) is 0.591. The highest BCUT2D eigenvalue weighted by Crippen LogP contribution is 2.23. The van der Waals surface area contributed by atoms with Gasteiger partial charge in [-0.2, -0.15) is 5.10 Å². The van der Waals surface area contributed by atoms with E-state index in [9.17, 15) is 13.2 Å². The van der Waals surface area contributed by atoms with Crippen LogP contribution in [-0.4, -0.2) is 83.9 Å². The Hall–Kier alpha value is -2.86. The van der Waals surface area contributed by atoms with Gasteiger partial charge in [0.2, 0.25) is 0 Å². The van der Waals surface area contributed by atoms with Gasteiger partial charge in [-0.25, -0.2) is 18.2 Å². The van der Waals surface area contributed by atoms with Crippen LogP contribution in [0.4, 0.5) is 16.3 Å². The first-order chi connectivity index (χ1) is 15.9. The standard InChI is InChI=1S/C22H35N7O4S/c1-16-20(17(2)27(6)25-16)26-34(31,32)18-7-8-19(24-15-18)23-9-10-28-11-13-29(14-12-28)21(30)33-22(3,4)5/h7-8,15,26H,9-14H2,1-6H3,(H,23,24). The number of nitrogens with one attached hydrogen (secondary N) is 2. The van der Waals surface area contributed by atoms with Crippen molar-refractivity contribution in [1.29, 1.82) is 0 Å². The number of rotatable bonds is 7. The Morgan fingerprint density at radius 1 is 1.15 bits per heavy atom. The first kappa shape index (κ1) is 25.8. The first-order valence-corrected chi connectivity index (χ1v) is 12.8. The molecular weight excluding hydrogens is 458 g/mol. The number of hydrogen-bond donors (Lipinski definition) is 2. The lowest BCUT2D eigenvalue weighted by atomic mass is 10.2. The van der Waals surface area contributed by atoms with Crippen molar-refractivity contribution < 1.29 is 17.9 Å². The van der Waals surface area contributed by atoms with Gasteiger partial charge in [0, 0.05) is 52.5 Å². The number of sulfonamides is 1. The quantitative estimate of drug-likeness (QED) is 0.602. The molecule has 0 atom stereocenters. The molecule has 0 spiro atoms. The van der Waals surface area contributed by atoms with Crippen LogP contribution in [0.2, 0.25) is 0 Å². The van der Waals surface area contributed by atoms with Crippen molar-refractivity contribution in [2.24, 2.45) is 7.05 Å². The van der Waals surface area contributed by atoms with Gasteiger partial charge in [0.25, 0.3) is 10.0 Å². The molecule has 11 nitrogen and oxygen atoms in total. The van der Waals surface area contributed by atoms with Gasteiger partial charge >= 0.3 is 6.09 Å². The van der Waals surface area contributed by atoms with Gasteiger partial charge in [0.15, 0.2) is 0 Å². The number of pyridine rings is 1. The summed E-state index contributed by atoms with van der Waals surface area (Å²) in [5.41, 5.74) is 1.34. The molecule has 0 saturated carbocycles. The Kier molecular flexibility index (Phi) is 7.71. The molecule has 188 valence electrons. The molecule has 1 aliphatic rings. The molecular formula is C22H35N7O4S. The highest BCUT2D eigenvalue weighted by molar-refractivity contribution is 7.92. The maximum atomic E-state index is 12.7. The second-order valence-corrected chi connectivity index (χ2v) is 11.1. The summed E-state index contributed by atoms with van der Waals surface area (Å²) in [6.45, 7) is 13.4. The zero-order valence-corrected chi connectivity index (χ0v) is 21.6. The first-order valence-electron chi connectivity index (χ1n) is 11.3. The van der Waals surface area contributed by atoms with Crippen LogP contribution in [-0.2, 0) is 21.8 Å². The molecule has 3 heterocycles. The number of carbonyl (C=O) groups is 1. The molecule has 0 bridgehead atoms. The van der Waals surface area contributed by atoms with E-state index < -0.39 is 15.6 Å². The van der Waals surface area contributed by atoms with Gasteiger partial charge in [0.05, 0.1) is 17.1 Å². The summed E-state index contributed by atoms with van der Waals surface area (Å²) in [5.74, 6) is 0.597. The van der Waals surface area contributed by atoms with Crippen LogP contribution >= 0.6 is 0 Å². The average Bonchev–Trinajstić information content (AvgIpc) is 2.99. The highest BCUT2D eigenvalue weighted by Gasteiger charge is 2.25. The molecule has 0 aromatic carbocycles. The Labute approximate surface area is 201 Å². The van der Waals surface area contributed by atoms with E-state index in [1.807, 2.05) is 20.8 Å². The average molecular weight is 494 g/mol. The molecule has 1 fully saturated rings.